The molecule has 0 fully saturated rings. The van der Waals surface area contributed by atoms with Crippen molar-refractivity contribution in [2.45, 2.75) is 26.2 Å². The summed E-state index contributed by atoms with van der Waals surface area (Å²) >= 11 is 0. The van der Waals surface area contributed by atoms with Crippen LogP contribution < -0.4 is 4.74 Å². The Morgan fingerprint density at radius 3 is 2.75 bits per heavy atom. The second-order valence-electron chi connectivity index (χ2n) is 4.52. The first kappa shape index (κ1) is 14.1. The number of benzene rings is 1. The topological polar surface area (TPSA) is 22.1 Å². The van der Waals surface area contributed by atoms with Gasteiger partial charge in [-0.15, -0.1) is 0 Å². The van der Waals surface area contributed by atoms with E-state index in [1.165, 1.54) is 6.42 Å². The minimum atomic E-state index is 0.622. The molecule has 1 aromatic heterocycles. The minimum Gasteiger partial charge on any atom is -0.481 e. The summed E-state index contributed by atoms with van der Waals surface area (Å²) < 4.78 is 5.18. The van der Waals surface area contributed by atoms with Gasteiger partial charge < -0.3 is 4.74 Å². The van der Waals surface area contributed by atoms with Gasteiger partial charge in [0.15, 0.2) is 0 Å². The maximum absolute atomic E-state index is 5.18. The van der Waals surface area contributed by atoms with E-state index in [0.717, 1.165) is 29.7 Å². The first-order valence-electron chi connectivity index (χ1n) is 6.94. The molecule has 0 aliphatic rings. The lowest BCUT2D eigenvalue weighted by molar-refractivity contribution is 0.398. The lowest BCUT2D eigenvalue weighted by Crippen LogP contribution is -1.91. The number of hydrogen-bond donors (Lipinski definition) is 0. The third kappa shape index (κ3) is 3.61. The molecular formula is C18H19NO. The van der Waals surface area contributed by atoms with Crippen LogP contribution in [0.25, 0.3) is 11.3 Å². The zero-order valence-corrected chi connectivity index (χ0v) is 12.0. The molecule has 0 N–H and O–H groups in total. The number of nitrogens with zero attached hydrogens (tertiary/aromatic N) is 1. The summed E-state index contributed by atoms with van der Waals surface area (Å²) in [7, 11) is 1.63. The molecule has 0 radical (unpaired) electrons. The predicted molar refractivity (Wildman–Crippen MR) is 82.6 cm³/mol. The van der Waals surface area contributed by atoms with E-state index in [4.69, 9.17) is 4.74 Å². The van der Waals surface area contributed by atoms with Crippen LogP contribution in [0.2, 0.25) is 0 Å². The van der Waals surface area contributed by atoms with Crippen molar-refractivity contribution in [2.24, 2.45) is 0 Å². The molecule has 0 amide bonds. The maximum atomic E-state index is 5.18. The molecule has 2 rings (SSSR count). The van der Waals surface area contributed by atoms with Gasteiger partial charge >= 0.3 is 0 Å². The molecule has 0 saturated carbocycles. The zero-order valence-electron chi connectivity index (χ0n) is 12.0. The van der Waals surface area contributed by atoms with Crippen LogP contribution in [0.1, 0.15) is 31.7 Å². The van der Waals surface area contributed by atoms with Crippen LogP contribution in [0, 0.1) is 11.8 Å². The lowest BCUT2D eigenvalue weighted by atomic mass is 10.0. The molecule has 1 aromatic carbocycles. The van der Waals surface area contributed by atoms with Crippen LogP contribution in [0.5, 0.6) is 5.88 Å². The minimum absolute atomic E-state index is 0.622. The molecule has 2 aromatic rings. The predicted octanol–water partition coefficient (Wildman–Crippen LogP) is 4.30. The van der Waals surface area contributed by atoms with E-state index in [0.29, 0.717) is 5.88 Å². The highest BCUT2D eigenvalue weighted by Gasteiger charge is 2.05. The quantitative estimate of drug-likeness (QED) is 0.607. The normalized spacial score (nSPS) is 9.70. The monoisotopic (exact) mass is 265 g/mol. The summed E-state index contributed by atoms with van der Waals surface area (Å²) in [5, 5.41) is 0. The van der Waals surface area contributed by atoms with Crippen LogP contribution in [-0.2, 0) is 0 Å². The number of rotatable bonds is 4. The van der Waals surface area contributed by atoms with Gasteiger partial charge in [0, 0.05) is 23.6 Å². The van der Waals surface area contributed by atoms with Gasteiger partial charge in [0.25, 0.3) is 0 Å². The summed E-state index contributed by atoms with van der Waals surface area (Å²) in [6.45, 7) is 2.18. The zero-order chi connectivity index (χ0) is 14.2. The second kappa shape index (κ2) is 7.35. The van der Waals surface area contributed by atoms with E-state index in [1.54, 1.807) is 7.11 Å². The standard InChI is InChI=1S/C18H19NO/c1-3-4-5-6-10-15-11-7-8-12-16(15)17-13-9-14-18(19-17)20-2/h7-9,11-14H,3-5H2,1-2H3. The van der Waals surface area contributed by atoms with Crippen LogP contribution in [0.4, 0.5) is 0 Å². The molecule has 0 spiro atoms. The third-order valence-corrected chi connectivity index (χ3v) is 3.01. The Kier molecular flexibility index (Phi) is 5.20. The van der Waals surface area contributed by atoms with Crippen molar-refractivity contribution in [1.29, 1.82) is 0 Å². The Bertz CT molecular complexity index is 623. The maximum Gasteiger partial charge on any atom is 0.213 e. The summed E-state index contributed by atoms with van der Waals surface area (Å²) in [5.41, 5.74) is 2.96. The molecular weight excluding hydrogens is 246 g/mol. The second-order valence-corrected chi connectivity index (χ2v) is 4.52. The highest BCUT2D eigenvalue weighted by atomic mass is 16.5. The van der Waals surface area contributed by atoms with Crippen molar-refractivity contribution >= 4 is 0 Å². The van der Waals surface area contributed by atoms with Crippen molar-refractivity contribution in [2.75, 3.05) is 7.11 Å². The molecule has 0 saturated heterocycles. The highest BCUT2D eigenvalue weighted by molar-refractivity contribution is 5.68. The van der Waals surface area contributed by atoms with Crippen molar-refractivity contribution in [3.63, 3.8) is 0 Å². The summed E-state index contributed by atoms with van der Waals surface area (Å²) in [5.74, 6) is 7.11. The molecule has 0 atom stereocenters. The molecule has 20 heavy (non-hydrogen) atoms. The molecule has 0 unspecified atom stereocenters. The summed E-state index contributed by atoms with van der Waals surface area (Å²) in [4.78, 5) is 4.48. The molecule has 1 heterocycles. The average molecular weight is 265 g/mol. The van der Waals surface area contributed by atoms with Gasteiger partial charge in [-0.1, -0.05) is 49.5 Å². The number of unbranched alkanes of at least 4 members (excludes halogenated alkanes) is 2. The van der Waals surface area contributed by atoms with E-state index in [9.17, 15) is 0 Å². The molecule has 0 aliphatic carbocycles. The van der Waals surface area contributed by atoms with Gasteiger partial charge in [-0.2, -0.15) is 0 Å². The van der Waals surface area contributed by atoms with E-state index in [2.05, 4.69) is 23.7 Å². The van der Waals surface area contributed by atoms with E-state index in [-0.39, 0.29) is 0 Å². The fourth-order valence-corrected chi connectivity index (χ4v) is 1.92. The Hall–Kier alpha value is -2.27. The fraction of sp³-hybridized carbons (Fsp3) is 0.278. The van der Waals surface area contributed by atoms with Crippen molar-refractivity contribution in [3.05, 3.63) is 48.0 Å². The Balaban J connectivity index is 2.33. The van der Waals surface area contributed by atoms with Crippen molar-refractivity contribution in [3.8, 4) is 29.0 Å². The smallest absolute Gasteiger partial charge is 0.213 e. The number of methoxy groups -OCH3 is 1. The largest absolute Gasteiger partial charge is 0.481 e. The Morgan fingerprint density at radius 1 is 1.10 bits per heavy atom. The van der Waals surface area contributed by atoms with Crippen LogP contribution in [-0.4, -0.2) is 12.1 Å². The van der Waals surface area contributed by atoms with Gasteiger partial charge in [0.05, 0.1) is 12.8 Å². The first-order valence-corrected chi connectivity index (χ1v) is 6.94. The number of pyridine rings is 1. The average Bonchev–Trinajstić information content (AvgIpc) is 2.52. The van der Waals surface area contributed by atoms with Crippen molar-refractivity contribution in [1.82, 2.24) is 4.98 Å². The highest BCUT2D eigenvalue weighted by Crippen LogP contribution is 2.23. The Labute approximate surface area is 120 Å². The third-order valence-electron chi connectivity index (χ3n) is 3.01. The van der Waals surface area contributed by atoms with Gasteiger partial charge in [0.1, 0.15) is 0 Å². The van der Waals surface area contributed by atoms with Gasteiger partial charge in [0.2, 0.25) is 5.88 Å². The van der Waals surface area contributed by atoms with Crippen LogP contribution in [0.3, 0.4) is 0 Å². The first-order chi connectivity index (χ1) is 9.85. The van der Waals surface area contributed by atoms with Crippen LogP contribution >= 0.6 is 0 Å². The van der Waals surface area contributed by atoms with E-state index < -0.39 is 0 Å². The summed E-state index contributed by atoms with van der Waals surface area (Å²) in [6.07, 6.45) is 3.26. The van der Waals surface area contributed by atoms with Gasteiger partial charge in [-0.25, -0.2) is 4.98 Å². The van der Waals surface area contributed by atoms with E-state index >= 15 is 0 Å². The SMILES string of the molecule is CCCCC#Cc1ccccc1-c1cccc(OC)n1. The van der Waals surface area contributed by atoms with Gasteiger partial charge in [-0.05, 0) is 18.6 Å². The summed E-state index contributed by atoms with van der Waals surface area (Å²) in [6, 6.07) is 13.9. The van der Waals surface area contributed by atoms with E-state index in [1.807, 2.05) is 42.5 Å². The number of ether oxygens (including phenoxy) is 1. The molecule has 0 aliphatic heterocycles. The Morgan fingerprint density at radius 2 is 1.95 bits per heavy atom. The lowest BCUT2D eigenvalue weighted by Gasteiger charge is -2.05. The van der Waals surface area contributed by atoms with Crippen LogP contribution in [0.15, 0.2) is 42.5 Å². The fourth-order valence-electron chi connectivity index (χ4n) is 1.92. The number of hydrogen-bond acceptors (Lipinski definition) is 2. The molecule has 0 bridgehead atoms. The van der Waals surface area contributed by atoms with Gasteiger partial charge in [-0.3, -0.25) is 0 Å². The van der Waals surface area contributed by atoms with Crippen molar-refractivity contribution < 1.29 is 4.74 Å². The molecule has 102 valence electrons. The molecule has 2 nitrogen and oxygen atoms in total. The molecule has 2 heteroatoms. The number of aromatic nitrogens is 1.